The number of thiophene rings is 1. The van der Waals surface area contributed by atoms with Crippen LogP contribution in [0.4, 0.5) is 18.9 Å². The molecule has 0 atom stereocenters. The summed E-state index contributed by atoms with van der Waals surface area (Å²) in [6.45, 7) is 1.74. The van der Waals surface area contributed by atoms with Gasteiger partial charge in [-0.05, 0) is 30.0 Å². The van der Waals surface area contributed by atoms with Crippen molar-refractivity contribution in [3.63, 3.8) is 0 Å². The number of aryl methyl sites for hydroxylation is 1. The van der Waals surface area contributed by atoms with Crippen molar-refractivity contribution in [2.45, 2.75) is 13.1 Å². The molecule has 7 heteroatoms. The number of hydrogen-bond acceptors (Lipinski definition) is 4. The monoisotopic (exact) mass is 339 g/mol. The number of allylic oxidation sites excluding steroid dienone is 1. The molecule has 0 amide bonds. The molecule has 0 bridgehead atoms. The lowest BCUT2D eigenvalue weighted by Gasteiger charge is -2.08. The van der Waals surface area contributed by atoms with Gasteiger partial charge >= 0.3 is 6.18 Å². The average molecular weight is 339 g/mol. The van der Waals surface area contributed by atoms with E-state index >= 15 is 0 Å². The van der Waals surface area contributed by atoms with E-state index < -0.39 is 23.3 Å². The molecule has 1 heterocycles. The zero-order chi connectivity index (χ0) is 17.0. The second kappa shape index (κ2) is 6.78. The van der Waals surface area contributed by atoms with E-state index in [4.69, 9.17) is 0 Å². The summed E-state index contributed by atoms with van der Waals surface area (Å²) in [6, 6.07) is 9.75. The minimum absolute atomic E-state index is 0.161. The first-order valence-electron chi connectivity index (χ1n) is 6.49. The maximum atomic E-state index is 12.8. The molecule has 1 N–H and O–H groups in total. The maximum absolute atomic E-state index is 12.8. The van der Waals surface area contributed by atoms with Gasteiger partial charge in [0.05, 0.1) is 16.1 Å². The van der Waals surface area contributed by atoms with Crippen molar-refractivity contribution in [2.75, 3.05) is 0 Å². The Bertz CT molecular complexity index is 762. The normalized spacial score (nSPS) is 13.2. The number of alkyl halides is 3. The molecule has 0 radical (unpaired) electrons. The van der Waals surface area contributed by atoms with Gasteiger partial charge in [-0.25, -0.2) is 0 Å². The molecule has 0 saturated heterocycles. The van der Waals surface area contributed by atoms with Crippen LogP contribution in [0.3, 0.4) is 0 Å². The van der Waals surface area contributed by atoms with E-state index in [0.717, 1.165) is 23.1 Å². The van der Waals surface area contributed by atoms with E-state index in [9.17, 15) is 23.1 Å². The molecule has 0 fully saturated rings. The van der Waals surface area contributed by atoms with Gasteiger partial charge in [0.15, 0.2) is 0 Å². The van der Waals surface area contributed by atoms with Gasteiger partial charge in [0.1, 0.15) is 5.76 Å². The number of Topliss-reactive ketones (excluding diaryl/α,β-unsaturated/α-hetero) is 1. The van der Waals surface area contributed by atoms with Crippen molar-refractivity contribution in [3.8, 4) is 0 Å². The Labute approximate surface area is 134 Å². The Balaban J connectivity index is 2.49. The number of aliphatic hydroxyl groups excluding tert-OH is 1. The molecular weight excluding hydrogens is 327 g/mol. The molecule has 0 spiro atoms. The Morgan fingerprint density at radius 2 is 1.91 bits per heavy atom. The van der Waals surface area contributed by atoms with Gasteiger partial charge in [-0.2, -0.15) is 13.2 Å². The first kappa shape index (κ1) is 17.0. The minimum Gasteiger partial charge on any atom is -0.506 e. The molecule has 0 aliphatic rings. The Morgan fingerprint density at radius 1 is 1.22 bits per heavy atom. The van der Waals surface area contributed by atoms with Gasteiger partial charge in [-0.15, -0.1) is 11.3 Å². The van der Waals surface area contributed by atoms with Crippen LogP contribution in [0.15, 0.2) is 52.3 Å². The number of benzene rings is 1. The van der Waals surface area contributed by atoms with E-state index in [1.165, 1.54) is 6.07 Å². The summed E-state index contributed by atoms with van der Waals surface area (Å²) in [6.07, 6.45) is -4.34. The number of nitrogens with zero attached hydrogens (tertiary/aromatic N) is 1. The summed E-state index contributed by atoms with van der Waals surface area (Å²) in [4.78, 5) is 15.7. The van der Waals surface area contributed by atoms with Crippen LogP contribution < -0.4 is 0 Å². The quantitative estimate of drug-likeness (QED) is 0.491. The van der Waals surface area contributed by atoms with Crippen molar-refractivity contribution in [1.29, 1.82) is 0 Å². The molecule has 3 nitrogen and oxygen atoms in total. The van der Waals surface area contributed by atoms with Crippen LogP contribution in [0.2, 0.25) is 0 Å². The lowest BCUT2D eigenvalue weighted by atomic mass is 10.1. The highest BCUT2D eigenvalue weighted by molar-refractivity contribution is 7.11. The zero-order valence-electron chi connectivity index (χ0n) is 12.0. The largest absolute Gasteiger partial charge is 0.506 e. The van der Waals surface area contributed by atoms with E-state index in [-0.39, 0.29) is 4.88 Å². The summed E-state index contributed by atoms with van der Waals surface area (Å²) < 4.78 is 38.3. The molecule has 2 rings (SSSR count). The summed E-state index contributed by atoms with van der Waals surface area (Å²) in [5.41, 5.74) is 0.264. The maximum Gasteiger partial charge on any atom is 0.455 e. The van der Waals surface area contributed by atoms with E-state index in [1.54, 1.807) is 42.6 Å². The van der Waals surface area contributed by atoms with Crippen molar-refractivity contribution in [2.24, 2.45) is 4.99 Å². The molecule has 1 aromatic carbocycles. The fraction of sp³-hybridized carbons (Fsp3) is 0.125. The SMILES string of the molecule is Cc1ccccc1N=C/C(C(=O)C(F)(F)F)=C(/O)c1cccs1. The van der Waals surface area contributed by atoms with Crippen molar-refractivity contribution >= 4 is 34.8 Å². The summed E-state index contributed by atoms with van der Waals surface area (Å²) >= 11 is 1.02. The van der Waals surface area contributed by atoms with E-state index in [0.29, 0.717) is 5.69 Å². The number of carbonyl (C=O) groups excluding carboxylic acids is 1. The average Bonchev–Trinajstić information content (AvgIpc) is 3.02. The lowest BCUT2D eigenvalue weighted by Crippen LogP contribution is -2.26. The first-order valence-corrected chi connectivity index (χ1v) is 7.37. The van der Waals surface area contributed by atoms with Gasteiger partial charge in [-0.1, -0.05) is 24.3 Å². The molecule has 120 valence electrons. The Kier molecular flexibility index (Phi) is 5.00. The lowest BCUT2D eigenvalue weighted by molar-refractivity contribution is -0.165. The third-order valence-electron chi connectivity index (χ3n) is 2.96. The number of halogens is 3. The zero-order valence-corrected chi connectivity index (χ0v) is 12.8. The van der Waals surface area contributed by atoms with Gasteiger partial charge < -0.3 is 5.11 Å². The predicted octanol–water partition coefficient (Wildman–Crippen LogP) is 4.86. The van der Waals surface area contributed by atoms with Gasteiger partial charge in [0, 0.05) is 6.21 Å². The molecule has 0 saturated carbocycles. The number of hydrogen-bond donors (Lipinski definition) is 1. The van der Waals surface area contributed by atoms with Crippen LogP contribution in [-0.4, -0.2) is 23.3 Å². The van der Waals surface area contributed by atoms with Crippen molar-refractivity contribution in [3.05, 3.63) is 57.8 Å². The molecule has 0 aliphatic heterocycles. The van der Waals surface area contributed by atoms with Crippen LogP contribution in [-0.2, 0) is 4.79 Å². The van der Waals surface area contributed by atoms with Crippen LogP contribution in [0.25, 0.3) is 5.76 Å². The first-order chi connectivity index (χ1) is 10.8. The Hall–Kier alpha value is -2.41. The standard InChI is InChI=1S/C16H12F3NO2S/c1-10-5-2-3-6-12(10)20-9-11(15(22)16(17,18)19)14(21)13-7-4-8-23-13/h2-9,21H,1H3/b14-11-,20-9?. The van der Waals surface area contributed by atoms with Crippen LogP contribution in [0.1, 0.15) is 10.4 Å². The van der Waals surface area contributed by atoms with Gasteiger partial charge in [0.2, 0.25) is 0 Å². The van der Waals surface area contributed by atoms with Crippen molar-refractivity contribution < 1.29 is 23.1 Å². The molecule has 0 aliphatic carbocycles. The third-order valence-corrected chi connectivity index (χ3v) is 3.84. The minimum atomic E-state index is -5.10. The number of ketones is 1. The highest BCUT2D eigenvalue weighted by Crippen LogP contribution is 2.27. The number of aliphatic imine (C=N–C) groups is 1. The fourth-order valence-electron chi connectivity index (χ4n) is 1.77. The number of carbonyl (C=O) groups is 1. The summed E-state index contributed by atoms with van der Waals surface area (Å²) in [7, 11) is 0. The molecular formula is C16H12F3NO2S. The number of rotatable bonds is 4. The van der Waals surface area contributed by atoms with E-state index in [2.05, 4.69) is 4.99 Å². The Morgan fingerprint density at radius 3 is 2.48 bits per heavy atom. The predicted molar refractivity (Wildman–Crippen MR) is 84.3 cm³/mol. The van der Waals surface area contributed by atoms with Gasteiger partial charge in [0.25, 0.3) is 5.78 Å². The second-order valence-corrected chi connectivity index (χ2v) is 5.56. The van der Waals surface area contributed by atoms with Crippen molar-refractivity contribution in [1.82, 2.24) is 0 Å². The van der Waals surface area contributed by atoms with E-state index in [1.807, 2.05) is 0 Å². The highest BCUT2D eigenvalue weighted by Gasteiger charge is 2.41. The topological polar surface area (TPSA) is 49.7 Å². The number of para-hydroxylation sites is 1. The smallest absolute Gasteiger partial charge is 0.455 e. The van der Waals surface area contributed by atoms with Crippen LogP contribution in [0.5, 0.6) is 0 Å². The molecule has 0 unspecified atom stereocenters. The van der Waals surface area contributed by atoms with Crippen LogP contribution >= 0.6 is 11.3 Å². The summed E-state index contributed by atoms with van der Waals surface area (Å²) in [5.74, 6) is -2.87. The molecule has 1 aromatic heterocycles. The van der Waals surface area contributed by atoms with Crippen LogP contribution in [0, 0.1) is 6.92 Å². The second-order valence-electron chi connectivity index (χ2n) is 4.61. The fourth-order valence-corrected chi connectivity index (χ4v) is 2.45. The molecule has 23 heavy (non-hydrogen) atoms. The number of aliphatic hydroxyl groups is 1. The molecule has 2 aromatic rings. The third kappa shape index (κ3) is 4.07. The summed E-state index contributed by atoms with van der Waals surface area (Å²) in [5, 5.41) is 11.6. The highest BCUT2D eigenvalue weighted by atomic mass is 32.1. The van der Waals surface area contributed by atoms with Gasteiger partial charge in [-0.3, -0.25) is 9.79 Å².